The zero-order chi connectivity index (χ0) is 30.2. The lowest BCUT2D eigenvalue weighted by atomic mass is 9.98. The van der Waals surface area contributed by atoms with E-state index in [0.29, 0.717) is 29.0 Å². The first kappa shape index (κ1) is 33.4. The molecule has 0 atom stereocenters. The quantitative estimate of drug-likeness (QED) is 0.0772. The number of fused-ring (bicyclic) bond motifs is 1. The number of carbonyl (C=O) groups is 3. The second kappa shape index (κ2) is 17.8. The van der Waals surface area contributed by atoms with E-state index in [2.05, 4.69) is 25.7 Å². The summed E-state index contributed by atoms with van der Waals surface area (Å²) in [5.74, 6) is -2.23. The number of hydrogen-bond donors (Lipinski definition) is 3. The molecule has 9 nitrogen and oxygen atoms in total. The van der Waals surface area contributed by atoms with Gasteiger partial charge in [0.1, 0.15) is 17.1 Å². The highest BCUT2D eigenvalue weighted by molar-refractivity contribution is 6.27. The number of furan rings is 1. The van der Waals surface area contributed by atoms with Crippen LogP contribution in [0.2, 0.25) is 0 Å². The van der Waals surface area contributed by atoms with Gasteiger partial charge in [0.05, 0.1) is 12.2 Å². The fourth-order valence-corrected chi connectivity index (χ4v) is 4.38. The molecular weight excluding hydrogens is 524 g/mol. The van der Waals surface area contributed by atoms with E-state index in [1.165, 1.54) is 25.7 Å². The first-order valence-corrected chi connectivity index (χ1v) is 14.5. The summed E-state index contributed by atoms with van der Waals surface area (Å²) in [6, 6.07) is 13.0. The van der Waals surface area contributed by atoms with Gasteiger partial charge in [0.15, 0.2) is 5.78 Å². The van der Waals surface area contributed by atoms with Crippen molar-refractivity contribution in [3.05, 3.63) is 59.4 Å². The molecule has 3 aromatic rings. The van der Waals surface area contributed by atoms with Crippen molar-refractivity contribution in [3.8, 4) is 5.75 Å². The van der Waals surface area contributed by atoms with Gasteiger partial charge in [-0.2, -0.15) is 0 Å². The number of unbranched alkanes of at least 4 members (excludes halogenated alkanes) is 3. The summed E-state index contributed by atoms with van der Waals surface area (Å²) in [5.41, 5.74) is 8.59. The predicted molar refractivity (Wildman–Crippen MR) is 161 cm³/mol. The van der Waals surface area contributed by atoms with Gasteiger partial charge in [-0.15, -0.1) is 0 Å². The molecule has 0 radical (unpaired) electrons. The number of aryl methyl sites for hydroxylation is 1. The number of carbonyl (C=O) groups excluding carboxylic acids is 1. The summed E-state index contributed by atoms with van der Waals surface area (Å²) in [5, 5.41) is 15.6. The average Bonchev–Trinajstić information content (AvgIpc) is 3.32. The van der Waals surface area contributed by atoms with Crippen LogP contribution in [0.1, 0.15) is 87.4 Å². The Morgan fingerprint density at radius 1 is 0.854 bits per heavy atom. The molecule has 0 spiro atoms. The van der Waals surface area contributed by atoms with E-state index in [1.807, 2.05) is 42.5 Å². The Morgan fingerprint density at radius 2 is 1.49 bits per heavy atom. The van der Waals surface area contributed by atoms with E-state index in [9.17, 15) is 4.79 Å². The largest absolute Gasteiger partial charge is 0.494 e. The van der Waals surface area contributed by atoms with Crippen molar-refractivity contribution >= 4 is 34.4 Å². The van der Waals surface area contributed by atoms with Crippen molar-refractivity contribution in [2.24, 2.45) is 0 Å². The third-order valence-corrected chi connectivity index (χ3v) is 6.59. The maximum absolute atomic E-state index is 13.6. The number of anilines is 1. The highest BCUT2D eigenvalue weighted by Gasteiger charge is 2.22. The number of carboxylic acid groups (broad SMARTS) is 2. The molecule has 0 aliphatic carbocycles. The van der Waals surface area contributed by atoms with Crippen LogP contribution in [-0.4, -0.2) is 59.1 Å². The fraction of sp³-hybridized carbons (Fsp3) is 0.469. The number of rotatable bonds is 16. The van der Waals surface area contributed by atoms with Crippen molar-refractivity contribution in [2.45, 2.75) is 72.1 Å². The standard InChI is InChI=1S/C30H42N2O3.C2H2O4/c1-4-7-14-28-29(26-22-24(31)15-16-27(26)35-28)30(33)23-12-10-13-25(21-23)34-20-11-19-32(17-8-5-2)18-9-6-3;3-1(4)2(5)6/h10,12-13,15-16,21-22H,4-9,11,14,17-20,31H2,1-3H3;(H,3,4)(H,5,6). The molecule has 9 heteroatoms. The average molecular weight is 569 g/mol. The van der Waals surface area contributed by atoms with Crippen LogP contribution in [0.25, 0.3) is 11.0 Å². The molecule has 0 amide bonds. The lowest BCUT2D eigenvalue weighted by Gasteiger charge is -2.21. The highest BCUT2D eigenvalue weighted by Crippen LogP contribution is 2.31. The Morgan fingerprint density at radius 3 is 2.10 bits per heavy atom. The minimum Gasteiger partial charge on any atom is -0.494 e. The van der Waals surface area contributed by atoms with Crippen molar-refractivity contribution in [3.63, 3.8) is 0 Å². The molecule has 0 fully saturated rings. The third kappa shape index (κ3) is 10.9. The van der Waals surface area contributed by atoms with E-state index < -0.39 is 11.9 Å². The number of hydrogen-bond acceptors (Lipinski definition) is 7. The topological polar surface area (TPSA) is 143 Å². The normalized spacial score (nSPS) is 10.8. The van der Waals surface area contributed by atoms with Crippen LogP contribution in [-0.2, 0) is 16.0 Å². The molecule has 0 bridgehead atoms. The predicted octanol–water partition coefficient (Wildman–Crippen LogP) is 6.42. The summed E-state index contributed by atoms with van der Waals surface area (Å²) in [4.78, 5) is 34.4. The van der Waals surface area contributed by atoms with E-state index in [0.717, 1.165) is 62.2 Å². The molecule has 0 aliphatic heterocycles. The van der Waals surface area contributed by atoms with Gasteiger partial charge in [-0.1, -0.05) is 52.2 Å². The summed E-state index contributed by atoms with van der Waals surface area (Å²) >= 11 is 0. The lowest BCUT2D eigenvalue weighted by Crippen LogP contribution is -2.28. The van der Waals surface area contributed by atoms with Gasteiger partial charge in [0.2, 0.25) is 0 Å². The Labute approximate surface area is 242 Å². The van der Waals surface area contributed by atoms with Crippen molar-refractivity contribution in [1.82, 2.24) is 4.90 Å². The number of aliphatic carboxylic acids is 2. The Bertz CT molecular complexity index is 1250. The highest BCUT2D eigenvalue weighted by atomic mass is 16.5. The van der Waals surface area contributed by atoms with Gasteiger partial charge >= 0.3 is 11.9 Å². The van der Waals surface area contributed by atoms with E-state index in [1.54, 1.807) is 0 Å². The van der Waals surface area contributed by atoms with Crippen LogP contribution in [0.3, 0.4) is 0 Å². The third-order valence-electron chi connectivity index (χ3n) is 6.59. The maximum atomic E-state index is 13.6. The van der Waals surface area contributed by atoms with Crippen LogP contribution in [0.5, 0.6) is 5.75 Å². The summed E-state index contributed by atoms with van der Waals surface area (Å²) in [6.45, 7) is 10.6. The number of ketones is 1. The maximum Gasteiger partial charge on any atom is 0.414 e. The van der Waals surface area contributed by atoms with Crippen LogP contribution >= 0.6 is 0 Å². The van der Waals surface area contributed by atoms with Crippen molar-refractivity contribution < 1.29 is 33.8 Å². The van der Waals surface area contributed by atoms with E-state index >= 15 is 0 Å². The number of benzene rings is 2. The number of carboxylic acids is 2. The summed E-state index contributed by atoms with van der Waals surface area (Å²) in [6.07, 6.45) is 8.62. The minimum atomic E-state index is -1.82. The van der Waals surface area contributed by atoms with Crippen LogP contribution in [0.15, 0.2) is 46.9 Å². The van der Waals surface area contributed by atoms with Crippen molar-refractivity contribution in [1.29, 1.82) is 0 Å². The minimum absolute atomic E-state index is 0.0452. The molecular formula is C32H44N2O7. The summed E-state index contributed by atoms with van der Waals surface area (Å²) < 4.78 is 12.1. The first-order valence-electron chi connectivity index (χ1n) is 14.5. The molecule has 0 unspecified atom stereocenters. The smallest absolute Gasteiger partial charge is 0.414 e. The Kier molecular flexibility index (Phi) is 14.4. The van der Waals surface area contributed by atoms with E-state index in [4.69, 9.17) is 34.7 Å². The number of nitrogens with zero attached hydrogens (tertiary/aromatic N) is 1. The molecule has 4 N–H and O–H groups in total. The van der Waals surface area contributed by atoms with Crippen LogP contribution in [0, 0.1) is 0 Å². The lowest BCUT2D eigenvalue weighted by molar-refractivity contribution is -0.159. The van der Waals surface area contributed by atoms with E-state index in [-0.39, 0.29) is 5.78 Å². The Hall–Kier alpha value is -3.85. The Balaban J connectivity index is 0.000000883. The molecule has 1 aromatic heterocycles. The van der Waals surface area contributed by atoms with Gasteiger partial charge in [0.25, 0.3) is 0 Å². The molecule has 0 saturated carbocycles. The molecule has 3 rings (SSSR count). The van der Waals surface area contributed by atoms with Crippen LogP contribution < -0.4 is 10.5 Å². The first-order chi connectivity index (χ1) is 19.7. The molecule has 1 heterocycles. The van der Waals surface area contributed by atoms with Gasteiger partial charge in [-0.25, -0.2) is 9.59 Å². The van der Waals surface area contributed by atoms with Gasteiger partial charge in [-0.05, 0) is 69.1 Å². The molecule has 2 aromatic carbocycles. The molecule has 0 saturated heterocycles. The van der Waals surface area contributed by atoms with Crippen molar-refractivity contribution in [2.75, 3.05) is 32.0 Å². The number of nitrogens with two attached hydrogens (primary N) is 1. The second-order valence-electron chi connectivity index (χ2n) is 9.98. The second-order valence-corrected chi connectivity index (χ2v) is 9.98. The zero-order valence-corrected chi connectivity index (χ0v) is 24.5. The zero-order valence-electron chi connectivity index (χ0n) is 24.5. The summed E-state index contributed by atoms with van der Waals surface area (Å²) in [7, 11) is 0. The SMILES string of the molecule is CCCCc1oc2ccc(N)cc2c1C(=O)c1cccc(OCCCN(CCCC)CCCC)c1.O=C(O)C(=O)O. The fourth-order valence-electron chi connectivity index (χ4n) is 4.38. The van der Waals surface area contributed by atoms with Gasteiger partial charge in [-0.3, -0.25) is 4.79 Å². The molecule has 224 valence electrons. The molecule has 41 heavy (non-hydrogen) atoms. The monoisotopic (exact) mass is 568 g/mol. The molecule has 0 aliphatic rings. The number of nitrogen functional groups attached to an aromatic ring is 1. The number of ether oxygens (including phenoxy) is 1. The van der Waals surface area contributed by atoms with Gasteiger partial charge < -0.3 is 30.0 Å². The van der Waals surface area contributed by atoms with Gasteiger partial charge in [0, 0.05) is 29.6 Å². The van der Waals surface area contributed by atoms with Crippen LogP contribution in [0.4, 0.5) is 5.69 Å².